The monoisotopic (exact) mass is 388 g/mol. The molecule has 0 fully saturated rings. The predicted molar refractivity (Wildman–Crippen MR) is 107 cm³/mol. The molecule has 3 aromatic heterocycles. The number of nitrogens with one attached hydrogen (secondary N) is 1. The first-order valence-electron chi connectivity index (χ1n) is 9.37. The van der Waals surface area contributed by atoms with E-state index in [2.05, 4.69) is 20.4 Å². The Balaban J connectivity index is 1.39. The summed E-state index contributed by atoms with van der Waals surface area (Å²) in [5, 5.41) is 7.83. The average molecular weight is 388 g/mol. The molecular formula is C22H20N4O3. The molecule has 0 saturated carbocycles. The standard InChI is InChI=1S/C22H20N4O3/c1-2-19(15-7-10-23-11-8-15)25-22(27)21-13-18(29-26-21)14-28-17-5-6-20-16(12-17)4-3-9-24-20/h3-13,19H,2,14H2,1H3,(H,25,27)/t19-/m0/s1. The Kier molecular flexibility index (Phi) is 5.47. The number of hydrogen-bond donors (Lipinski definition) is 1. The van der Waals surface area contributed by atoms with Crippen LogP contribution in [0.25, 0.3) is 10.9 Å². The lowest BCUT2D eigenvalue weighted by molar-refractivity contribution is 0.0926. The highest BCUT2D eigenvalue weighted by Crippen LogP contribution is 2.20. The van der Waals surface area contributed by atoms with E-state index in [0.29, 0.717) is 11.5 Å². The summed E-state index contributed by atoms with van der Waals surface area (Å²) in [6.45, 7) is 2.18. The third-order valence-electron chi connectivity index (χ3n) is 4.57. The molecule has 146 valence electrons. The van der Waals surface area contributed by atoms with E-state index in [1.807, 2.05) is 49.4 Å². The van der Waals surface area contributed by atoms with Crippen LogP contribution >= 0.6 is 0 Å². The smallest absolute Gasteiger partial charge is 0.273 e. The van der Waals surface area contributed by atoms with Crippen molar-refractivity contribution in [1.29, 1.82) is 0 Å². The van der Waals surface area contributed by atoms with Gasteiger partial charge in [0.2, 0.25) is 0 Å². The second kappa shape index (κ2) is 8.52. The van der Waals surface area contributed by atoms with Crippen molar-refractivity contribution >= 4 is 16.8 Å². The molecule has 4 rings (SSSR count). The van der Waals surface area contributed by atoms with Gasteiger partial charge in [-0.15, -0.1) is 0 Å². The number of pyridine rings is 2. The highest BCUT2D eigenvalue weighted by atomic mass is 16.5. The molecule has 0 spiro atoms. The number of hydrogen-bond acceptors (Lipinski definition) is 6. The number of ether oxygens (including phenoxy) is 1. The summed E-state index contributed by atoms with van der Waals surface area (Å²) in [4.78, 5) is 20.8. The van der Waals surface area contributed by atoms with Crippen LogP contribution in [-0.4, -0.2) is 21.0 Å². The highest BCUT2D eigenvalue weighted by molar-refractivity contribution is 5.92. The molecule has 0 radical (unpaired) electrons. The van der Waals surface area contributed by atoms with E-state index < -0.39 is 0 Å². The summed E-state index contributed by atoms with van der Waals surface area (Å²) in [6.07, 6.45) is 5.92. The zero-order valence-corrected chi connectivity index (χ0v) is 15.9. The van der Waals surface area contributed by atoms with Crippen LogP contribution in [0.4, 0.5) is 0 Å². The van der Waals surface area contributed by atoms with Gasteiger partial charge in [0.15, 0.2) is 11.5 Å². The van der Waals surface area contributed by atoms with Crippen molar-refractivity contribution in [3.05, 3.63) is 84.1 Å². The maximum Gasteiger partial charge on any atom is 0.273 e. The molecule has 1 aromatic carbocycles. The number of carbonyl (C=O) groups excluding carboxylic acids is 1. The second-order valence-electron chi connectivity index (χ2n) is 6.54. The molecule has 0 aliphatic rings. The first kappa shape index (κ1) is 18.6. The molecule has 7 nitrogen and oxygen atoms in total. The van der Waals surface area contributed by atoms with E-state index in [1.165, 1.54) is 0 Å². The quantitative estimate of drug-likeness (QED) is 0.513. The Morgan fingerprint density at radius 2 is 2.00 bits per heavy atom. The Morgan fingerprint density at radius 3 is 2.83 bits per heavy atom. The average Bonchev–Trinajstić information content (AvgIpc) is 3.25. The van der Waals surface area contributed by atoms with Crippen molar-refractivity contribution in [2.24, 2.45) is 0 Å². The largest absolute Gasteiger partial charge is 0.486 e. The molecule has 0 bridgehead atoms. The van der Waals surface area contributed by atoms with Gasteiger partial charge in [-0.25, -0.2) is 0 Å². The first-order chi connectivity index (χ1) is 14.2. The topological polar surface area (TPSA) is 90.1 Å². The van der Waals surface area contributed by atoms with E-state index in [0.717, 1.165) is 22.9 Å². The minimum absolute atomic E-state index is 0.117. The summed E-state index contributed by atoms with van der Waals surface area (Å²) < 4.78 is 11.0. The normalized spacial score (nSPS) is 11.9. The first-order valence-corrected chi connectivity index (χ1v) is 9.37. The number of fused-ring (bicyclic) bond motifs is 1. The fourth-order valence-electron chi connectivity index (χ4n) is 3.04. The van der Waals surface area contributed by atoms with Crippen molar-refractivity contribution in [3.8, 4) is 5.75 Å². The lowest BCUT2D eigenvalue weighted by Gasteiger charge is -2.16. The van der Waals surface area contributed by atoms with Crippen molar-refractivity contribution in [2.45, 2.75) is 26.0 Å². The lowest BCUT2D eigenvalue weighted by atomic mass is 10.1. The van der Waals surface area contributed by atoms with Crippen molar-refractivity contribution in [3.63, 3.8) is 0 Å². The Labute approximate surface area is 167 Å². The summed E-state index contributed by atoms with van der Waals surface area (Å²) >= 11 is 0. The van der Waals surface area contributed by atoms with Gasteiger partial charge < -0.3 is 14.6 Å². The molecule has 1 amide bonds. The van der Waals surface area contributed by atoms with Gasteiger partial charge >= 0.3 is 0 Å². The molecule has 3 heterocycles. The number of carbonyl (C=O) groups is 1. The Morgan fingerprint density at radius 1 is 1.14 bits per heavy atom. The predicted octanol–water partition coefficient (Wildman–Crippen LogP) is 4.08. The fourth-order valence-corrected chi connectivity index (χ4v) is 3.04. The summed E-state index contributed by atoms with van der Waals surface area (Å²) in [6, 6.07) is 14.7. The van der Waals surface area contributed by atoms with E-state index in [-0.39, 0.29) is 24.2 Å². The fraction of sp³-hybridized carbons (Fsp3) is 0.182. The molecule has 0 aliphatic carbocycles. The Hall–Kier alpha value is -3.74. The van der Waals surface area contributed by atoms with Gasteiger partial charge in [-0.3, -0.25) is 14.8 Å². The van der Waals surface area contributed by atoms with Gasteiger partial charge in [0.25, 0.3) is 5.91 Å². The van der Waals surface area contributed by atoms with Crippen LogP contribution in [0.1, 0.15) is 41.2 Å². The van der Waals surface area contributed by atoms with Gasteiger partial charge in [0.05, 0.1) is 11.6 Å². The highest BCUT2D eigenvalue weighted by Gasteiger charge is 2.18. The van der Waals surface area contributed by atoms with Crippen molar-refractivity contribution < 1.29 is 14.1 Å². The van der Waals surface area contributed by atoms with Crippen LogP contribution in [0.5, 0.6) is 5.75 Å². The minimum atomic E-state index is -0.291. The number of benzene rings is 1. The second-order valence-corrected chi connectivity index (χ2v) is 6.54. The van der Waals surface area contributed by atoms with Crippen molar-refractivity contribution in [2.75, 3.05) is 0 Å². The van der Waals surface area contributed by atoms with Crippen LogP contribution in [0.3, 0.4) is 0 Å². The van der Waals surface area contributed by atoms with E-state index in [9.17, 15) is 4.79 Å². The van der Waals surface area contributed by atoms with E-state index in [1.54, 1.807) is 24.7 Å². The number of aromatic nitrogens is 3. The van der Waals surface area contributed by atoms with Crippen LogP contribution in [-0.2, 0) is 6.61 Å². The lowest BCUT2D eigenvalue weighted by Crippen LogP contribution is -2.28. The Bertz CT molecular complexity index is 1110. The van der Waals surface area contributed by atoms with E-state index >= 15 is 0 Å². The molecule has 0 saturated heterocycles. The molecule has 1 atom stereocenters. The number of amides is 1. The van der Waals surface area contributed by atoms with Crippen LogP contribution in [0.2, 0.25) is 0 Å². The van der Waals surface area contributed by atoms with Gasteiger partial charge in [-0.05, 0) is 48.4 Å². The zero-order chi connectivity index (χ0) is 20.1. The molecule has 0 unspecified atom stereocenters. The molecule has 1 N–H and O–H groups in total. The van der Waals surface area contributed by atoms with Gasteiger partial charge in [-0.1, -0.05) is 18.1 Å². The van der Waals surface area contributed by atoms with Gasteiger partial charge in [-0.2, -0.15) is 0 Å². The maximum absolute atomic E-state index is 12.5. The molecule has 7 heteroatoms. The SMILES string of the molecule is CC[C@H](NC(=O)c1cc(COc2ccc3ncccc3c2)on1)c1ccncc1. The zero-order valence-electron chi connectivity index (χ0n) is 15.9. The van der Waals surface area contributed by atoms with Crippen LogP contribution < -0.4 is 10.1 Å². The number of nitrogens with zero attached hydrogens (tertiary/aromatic N) is 3. The van der Waals surface area contributed by atoms with Crippen LogP contribution in [0, 0.1) is 0 Å². The third-order valence-corrected chi connectivity index (χ3v) is 4.57. The molecule has 0 aliphatic heterocycles. The van der Waals surface area contributed by atoms with Crippen LogP contribution in [0.15, 0.2) is 71.6 Å². The summed E-state index contributed by atoms with van der Waals surface area (Å²) in [5.41, 5.74) is 2.12. The van der Waals surface area contributed by atoms with Crippen molar-refractivity contribution in [1.82, 2.24) is 20.4 Å². The van der Waals surface area contributed by atoms with E-state index in [4.69, 9.17) is 9.26 Å². The van der Waals surface area contributed by atoms with Gasteiger partial charge in [0.1, 0.15) is 12.4 Å². The maximum atomic E-state index is 12.5. The molecule has 29 heavy (non-hydrogen) atoms. The molecule has 4 aromatic rings. The summed E-state index contributed by atoms with van der Waals surface area (Å²) in [5.74, 6) is 0.871. The number of rotatable bonds is 7. The third kappa shape index (κ3) is 4.40. The summed E-state index contributed by atoms with van der Waals surface area (Å²) in [7, 11) is 0. The van der Waals surface area contributed by atoms with Gasteiger partial charge in [0, 0.05) is 30.0 Å². The molecular weight excluding hydrogens is 368 g/mol. The minimum Gasteiger partial charge on any atom is -0.486 e.